The van der Waals surface area contributed by atoms with Crippen LogP contribution < -0.4 is 10.2 Å². The molecule has 0 aromatic rings. The van der Waals surface area contributed by atoms with Gasteiger partial charge in [-0.3, -0.25) is 0 Å². The van der Waals surface area contributed by atoms with E-state index in [1.807, 2.05) is 0 Å². The monoisotopic (exact) mass is 569 g/mol. The maximum absolute atomic E-state index is 10.7. The van der Waals surface area contributed by atoms with E-state index >= 15 is 0 Å². The molecule has 30 heavy (non-hydrogen) atoms. The molecule has 2 atom stereocenters. The zero-order chi connectivity index (χ0) is 23.6. The number of hydrogen-bond acceptors (Lipinski definition) is 6. The quantitative estimate of drug-likeness (QED) is 0.147. The van der Waals surface area contributed by atoms with Crippen LogP contribution in [0.4, 0.5) is 0 Å². The van der Waals surface area contributed by atoms with Gasteiger partial charge in [0, 0.05) is 11.9 Å². The van der Waals surface area contributed by atoms with Crippen LogP contribution in [-0.2, 0) is 9.59 Å². The molecule has 0 rings (SSSR count). The van der Waals surface area contributed by atoms with Gasteiger partial charge in [0.1, 0.15) is 0 Å². The topological polar surface area (TPSA) is 80.3 Å². The summed E-state index contributed by atoms with van der Waals surface area (Å²) in [5.74, 6) is -1.12. The van der Waals surface area contributed by atoms with Gasteiger partial charge in [0.05, 0.1) is 0 Å². The molecule has 0 fully saturated rings. The van der Waals surface area contributed by atoms with Gasteiger partial charge in [-0.1, -0.05) is 78.1 Å². The summed E-state index contributed by atoms with van der Waals surface area (Å²) >= 11 is 9.63. The summed E-state index contributed by atoms with van der Waals surface area (Å²) in [5, 5.41) is 21.3. The molecule has 0 bridgehead atoms. The SMILES string of the molecule is CCCCCCCC(CCS)C(=O)[O-].CCCCCCCC(CCS)C(=O)[O-].[CH3][Sn+3]. The van der Waals surface area contributed by atoms with Crippen LogP contribution in [0.2, 0.25) is 4.94 Å². The summed E-state index contributed by atoms with van der Waals surface area (Å²) in [6, 6.07) is 0. The molecule has 0 aliphatic carbocycles. The number of carboxylic acid groups (broad SMARTS) is 2. The zero-order valence-corrected chi connectivity index (χ0v) is 24.1. The van der Waals surface area contributed by atoms with Crippen molar-refractivity contribution < 1.29 is 19.8 Å². The Balaban J connectivity index is -0.000000448. The second-order valence-electron chi connectivity index (χ2n) is 7.46. The number of unbranched alkanes of at least 4 members (excludes halogenated alkanes) is 8. The third-order valence-electron chi connectivity index (χ3n) is 4.93. The Bertz CT molecular complexity index is 337. The standard InChI is InChI=1S/2C11H22O2S.CH3.Sn/c2*1-2-3-4-5-6-7-10(8-9-14)11(12)13;;/h2*10,14H,2-9H2,1H3,(H,12,13);1H3;/q;;;+3/p-2. The van der Waals surface area contributed by atoms with Crippen LogP contribution in [0.15, 0.2) is 0 Å². The molecular formula is C23H45O4S2Sn+. The summed E-state index contributed by atoms with van der Waals surface area (Å²) in [6.45, 7) is 4.34. The van der Waals surface area contributed by atoms with Gasteiger partial charge < -0.3 is 19.8 Å². The van der Waals surface area contributed by atoms with Gasteiger partial charge in [0.25, 0.3) is 0 Å². The number of rotatable bonds is 18. The maximum atomic E-state index is 10.7. The van der Waals surface area contributed by atoms with Crippen LogP contribution in [0.5, 0.6) is 0 Å². The molecule has 0 heterocycles. The van der Waals surface area contributed by atoms with E-state index in [9.17, 15) is 19.8 Å². The van der Waals surface area contributed by atoms with Crippen molar-refractivity contribution in [3.8, 4) is 0 Å². The fourth-order valence-corrected chi connectivity index (χ4v) is 3.68. The first kappa shape index (κ1) is 35.0. The Kier molecular flexibility index (Phi) is 34.4. The van der Waals surface area contributed by atoms with Crippen LogP contribution >= 0.6 is 25.3 Å². The van der Waals surface area contributed by atoms with E-state index in [4.69, 9.17) is 0 Å². The normalized spacial score (nSPS) is 12.1. The Morgan fingerprint density at radius 2 is 0.933 bits per heavy atom. The van der Waals surface area contributed by atoms with Gasteiger partial charge in [-0.15, -0.1) is 0 Å². The number of carboxylic acids is 2. The number of hydrogen-bond donors (Lipinski definition) is 2. The van der Waals surface area contributed by atoms with Crippen LogP contribution in [0.1, 0.15) is 104 Å². The molecule has 0 saturated carbocycles. The van der Waals surface area contributed by atoms with Crippen molar-refractivity contribution in [1.82, 2.24) is 0 Å². The first-order chi connectivity index (χ1) is 14.4. The van der Waals surface area contributed by atoms with Gasteiger partial charge >= 0.3 is 27.5 Å². The third kappa shape index (κ3) is 26.5. The minimum absolute atomic E-state index is 0.283. The number of aliphatic carboxylic acids is 2. The molecule has 0 aliphatic rings. The van der Waals surface area contributed by atoms with Crippen molar-refractivity contribution in [2.75, 3.05) is 11.5 Å². The average molecular weight is 568 g/mol. The van der Waals surface area contributed by atoms with E-state index in [1.165, 1.54) is 38.5 Å². The van der Waals surface area contributed by atoms with Gasteiger partial charge in [-0.2, -0.15) is 25.3 Å². The van der Waals surface area contributed by atoms with Gasteiger partial charge in [-0.25, -0.2) is 0 Å². The predicted octanol–water partition coefficient (Wildman–Crippen LogP) is 4.27. The van der Waals surface area contributed by atoms with Crippen LogP contribution in [0.3, 0.4) is 0 Å². The van der Waals surface area contributed by atoms with Crippen LogP contribution in [0, 0.1) is 11.8 Å². The molecule has 4 nitrogen and oxygen atoms in total. The Morgan fingerprint density at radius 1 is 0.633 bits per heavy atom. The van der Waals surface area contributed by atoms with Crippen LogP contribution in [-0.4, -0.2) is 46.0 Å². The zero-order valence-electron chi connectivity index (χ0n) is 19.5. The molecule has 0 amide bonds. The Morgan fingerprint density at radius 3 is 1.17 bits per heavy atom. The van der Waals surface area contributed by atoms with E-state index in [0.717, 1.165) is 38.5 Å². The van der Waals surface area contributed by atoms with Crippen molar-refractivity contribution >= 4 is 59.7 Å². The molecular weight excluding hydrogens is 523 g/mol. The fourth-order valence-electron chi connectivity index (χ4n) is 3.06. The fraction of sp³-hybridized carbons (Fsp3) is 0.913. The van der Waals surface area contributed by atoms with Crippen molar-refractivity contribution in [3.05, 3.63) is 0 Å². The predicted molar refractivity (Wildman–Crippen MR) is 132 cm³/mol. The van der Waals surface area contributed by atoms with E-state index < -0.39 is 11.9 Å². The van der Waals surface area contributed by atoms with E-state index in [1.54, 1.807) is 22.5 Å². The summed E-state index contributed by atoms with van der Waals surface area (Å²) in [4.78, 5) is 23.4. The Hall–Kier alpha value is 0.439. The van der Waals surface area contributed by atoms with Gasteiger partial charge in [0.2, 0.25) is 0 Å². The molecule has 176 valence electrons. The van der Waals surface area contributed by atoms with Crippen molar-refractivity contribution in [3.63, 3.8) is 0 Å². The molecule has 0 radical (unpaired) electrons. The summed E-state index contributed by atoms with van der Waals surface area (Å²) < 4.78 is 0. The van der Waals surface area contributed by atoms with Crippen LogP contribution in [0.25, 0.3) is 0 Å². The second kappa shape index (κ2) is 29.4. The molecule has 0 aromatic carbocycles. The number of carbonyl (C=O) groups is 2. The van der Waals surface area contributed by atoms with E-state index in [2.05, 4.69) is 44.0 Å². The molecule has 0 N–H and O–H groups in total. The van der Waals surface area contributed by atoms with Crippen molar-refractivity contribution in [1.29, 1.82) is 0 Å². The number of carbonyl (C=O) groups excluding carboxylic acids is 2. The summed E-state index contributed by atoms with van der Waals surface area (Å²) in [5.41, 5.74) is 0. The third-order valence-corrected chi connectivity index (χ3v) is 5.45. The molecule has 0 aromatic heterocycles. The summed E-state index contributed by atoms with van der Waals surface area (Å²) in [7, 11) is 0. The number of thiol groups is 2. The molecule has 0 saturated heterocycles. The average Bonchev–Trinajstić information content (AvgIpc) is 2.73. The van der Waals surface area contributed by atoms with E-state index in [-0.39, 0.29) is 11.8 Å². The van der Waals surface area contributed by atoms with E-state index in [0.29, 0.717) is 24.3 Å². The Labute approximate surface area is 210 Å². The van der Waals surface area contributed by atoms with Crippen molar-refractivity contribution in [2.45, 2.75) is 109 Å². The first-order valence-corrected chi connectivity index (χ1v) is 15.7. The molecule has 7 heteroatoms. The molecule has 0 spiro atoms. The molecule has 0 aliphatic heterocycles. The minimum atomic E-state index is -0.908. The van der Waals surface area contributed by atoms with Gasteiger partial charge in [-0.05, 0) is 49.0 Å². The first-order valence-electron chi connectivity index (χ1n) is 11.6. The molecule has 2 unspecified atom stereocenters. The second-order valence-corrected chi connectivity index (χ2v) is 8.36. The summed E-state index contributed by atoms with van der Waals surface area (Å²) in [6.07, 6.45) is 14.5. The van der Waals surface area contributed by atoms with Gasteiger partial charge in [0.15, 0.2) is 0 Å². The van der Waals surface area contributed by atoms with Crippen molar-refractivity contribution in [2.24, 2.45) is 11.8 Å².